The number of hydrogen-bond acceptors (Lipinski definition) is 5. The van der Waals surface area contributed by atoms with Gasteiger partial charge < -0.3 is 15.8 Å². The van der Waals surface area contributed by atoms with E-state index in [1.807, 2.05) is 30.3 Å². The number of nitrogens with one attached hydrogen (secondary N) is 1. The summed E-state index contributed by atoms with van der Waals surface area (Å²) in [5, 5.41) is 3.35. The lowest BCUT2D eigenvalue weighted by Gasteiger charge is -2.22. The highest BCUT2D eigenvalue weighted by molar-refractivity contribution is 7.99. The van der Waals surface area contributed by atoms with Gasteiger partial charge in [0, 0.05) is 16.2 Å². The molecule has 0 aliphatic carbocycles. The third kappa shape index (κ3) is 5.19. The Kier molecular flexibility index (Phi) is 10.2. The van der Waals surface area contributed by atoms with E-state index >= 15 is 0 Å². The van der Waals surface area contributed by atoms with Gasteiger partial charge in [-0.3, -0.25) is 4.79 Å². The van der Waals surface area contributed by atoms with Crippen LogP contribution in [0.1, 0.15) is 12.8 Å². The summed E-state index contributed by atoms with van der Waals surface area (Å²) in [6.45, 7) is 0.490. The van der Waals surface area contributed by atoms with Gasteiger partial charge in [-0.15, -0.1) is 37.2 Å². The summed E-state index contributed by atoms with van der Waals surface area (Å²) in [5.74, 6) is 0.316. The van der Waals surface area contributed by atoms with E-state index in [0.717, 1.165) is 21.2 Å². The largest absolute Gasteiger partial charge is 0.424 e. The van der Waals surface area contributed by atoms with Crippen molar-refractivity contribution in [1.29, 1.82) is 0 Å². The summed E-state index contributed by atoms with van der Waals surface area (Å²) in [5.41, 5.74) is 7.29. The molecule has 0 aromatic heterocycles. The maximum absolute atomic E-state index is 11.8. The van der Waals surface area contributed by atoms with Gasteiger partial charge in [-0.2, -0.15) is 0 Å². The second-order valence-corrected chi connectivity index (χ2v) is 5.80. The number of ether oxygens (including phenoxy) is 1. The Morgan fingerprint density at radius 3 is 2.50 bits per heavy atom. The minimum absolute atomic E-state index is 0. The first kappa shape index (κ1) is 22.9. The molecule has 24 heavy (non-hydrogen) atoms. The average molecular weight is 410 g/mol. The molecule has 1 heterocycles. The van der Waals surface area contributed by atoms with Crippen LogP contribution in [0.5, 0.6) is 5.75 Å². The number of halogens is 3. The predicted octanol–water partition coefficient (Wildman–Crippen LogP) is 4.80. The quantitative estimate of drug-likeness (QED) is 0.478. The molecule has 132 valence electrons. The van der Waals surface area contributed by atoms with Crippen LogP contribution in [0.3, 0.4) is 0 Å². The molecule has 0 fully saturated rings. The summed E-state index contributed by atoms with van der Waals surface area (Å²) in [6, 6.07) is 13.8. The van der Waals surface area contributed by atoms with Crippen LogP contribution in [0.25, 0.3) is 0 Å². The minimum Gasteiger partial charge on any atom is -0.424 e. The highest BCUT2D eigenvalue weighted by Crippen LogP contribution is 2.47. The van der Waals surface area contributed by atoms with Crippen LogP contribution in [0.4, 0.5) is 11.4 Å². The number of esters is 1. The van der Waals surface area contributed by atoms with E-state index in [2.05, 4.69) is 11.4 Å². The number of anilines is 2. The third-order valence-corrected chi connectivity index (χ3v) is 4.30. The number of carbonyl (C=O) groups is 1. The lowest BCUT2D eigenvalue weighted by Crippen LogP contribution is -2.12. The lowest BCUT2D eigenvalue weighted by atomic mass is 10.2. The molecule has 1 aliphatic rings. The fourth-order valence-electron chi connectivity index (χ4n) is 2.14. The molecule has 4 nitrogen and oxygen atoms in total. The van der Waals surface area contributed by atoms with Crippen LogP contribution >= 0.6 is 49.0 Å². The maximum atomic E-state index is 11.8. The van der Waals surface area contributed by atoms with Gasteiger partial charge in [-0.25, -0.2) is 0 Å². The molecule has 2 aromatic rings. The Labute approximate surface area is 164 Å². The molecule has 0 amide bonds. The Balaban J connectivity index is 0.00000176. The van der Waals surface area contributed by atoms with Gasteiger partial charge in [0.15, 0.2) is 5.75 Å². The Hall–Kier alpha value is -1.11. The molecule has 0 radical (unpaired) electrons. The first-order chi connectivity index (χ1) is 10.3. The first-order valence-corrected chi connectivity index (χ1v) is 7.67. The van der Waals surface area contributed by atoms with E-state index in [9.17, 15) is 4.79 Å². The van der Waals surface area contributed by atoms with E-state index < -0.39 is 0 Å². The third-order valence-electron chi connectivity index (χ3n) is 3.16. The summed E-state index contributed by atoms with van der Waals surface area (Å²) in [6.07, 6.45) is 0.975. The molecule has 0 unspecified atom stereocenters. The van der Waals surface area contributed by atoms with Crippen LogP contribution in [-0.2, 0) is 4.79 Å². The SMILES string of the molecule is Cl.Cl.Cl.NCCCC(=O)Oc1cccc2c1Nc1ccccc1S2. The van der Waals surface area contributed by atoms with Gasteiger partial charge >= 0.3 is 5.97 Å². The second-order valence-electron chi connectivity index (χ2n) is 4.72. The van der Waals surface area contributed by atoms with Gasteiger partial charge in [0.05, 0.1) is 11.4 Å². The van der Waals surface area contributed by atoms with Crippen LogP contribution in [0.15, 0.2) is 52.3 Å². The van der Waals surface area contributed by atoms with Crippen molar-refractivity contribution in [3.63, 3.8) is 0 Å². The average Bonchev–Trinajstić information content (AvgIpc) is 2.51. The van der Waals surface area contributed by atoms with Crippen LogP contribution in [0, 0.1) is 0 Å². The molecule has 1 aliphatic heterocycles. The molecule has 0 bridgehead atoms. The van der Waals surface area contributed by atoms with Crippen LogP contribution in [0.2, 0.25) is 0 Å². The lowest BCUT2D eigenvalue weighted by molar-refractivity contribution is -0.134. The number of carbonyl (C=O) groups excluding carboxylic acids is 1. The summed E-state index contributed by atoms with van der Waals surface area (Å²) >= 11 is 1.67. The smallest absolute Gasteiger partial charge is 0.311 e. The van der Waals surface area contributed by atoms with Gasteiger partial charge in [-0.1, -0.05) is 30.0 Å². The molecule has 3 N–H and O–H groups in total. The molecule has 0 spiro atoms. The number of fused-ring (bicyclic) bond motifs is 2. The fraction of sp³-hybridized carbons (Fsp3) is 0.188. The molecular formula is C16H19Cl3N2O2S. The second kappa shape index (κ2) is 10.7. The molecule has 3 rings (SSSR count). The predicted molar refractivity (Wildman–Crippen MR) is 106 cm³/mol. The molecule has 0 saturated heterocycles. The zero-order valence-electron chi connectivity index (χ0n) is 12.7. The van der Waals surface area contributed by atoms with E-state index in [1.165, 1.54) is 0 Å². The number of para-hydroxylation sites is 2. The van der Waals surface area contributed by atoms with Crippen molar-refractivity contribution in [2.75, 3.05) is 11.9 Å². The van der Waals surface area contributed by atoms with E-state index in [1.54, 1.807) is 17.8 Å². The summed E-state index contributed by atoms with van der Waals surface area (Å²) in [7, 11) is 0. The van der Waals surface area contributed by atoms with Crippen molar-refractivity contribution in [2.45, 2.75) is 22.6 Å². The number of benzene rings is 2. The van der Waals surface area contributed by atoms with Crippen molar-refractivity contribution >= 4 is 66.3 Å². The Morgan fingerprint density at radius 2 is 1.75 bits per heavy atom. The molecular weight excluding hydrogens is 391 g/mol. The molecule has 8 heteroatoms. The van der Waals surface area contributed by atoms with Gasteiger partial charge in [-0.05, 0) is 37.2 Å². The monoisotopic (exact) mass is 408 g/mol. The zero-order chi connectivity index (χ0) is 14.7. The van der Waals surface area contributed by atoms with E-state index in [4.69, 9.17) is 10.5 Å². The molecule has 2 aromatic carbocycles. The Morgan fingerprint density at radius 1 is 1.04 bits per heavy atom. The first-order valence-electron chi connectivity index (χ1n) is 6.85. The van der Waals surface area contributed by atoms with Crippen molar-refractivity contribution in [1.82, 2.24) is 0 Å². The summed E-state index contributed by atoms with van der Waals surface area (Å²) < 4.78 is 5.46. The van der Waals surface area contributed by atoms with Gasteiger partial charge in [0.25, 0.3) is 0 Å². The van der Waals surface area contributed by atoms with Crippen molar-refractivity contribution in [3.05, 3.63) is 42.5 Å². The van der Waals surface area contributed by atoms with Crippen molar-refractivity contribution in [3.8, 4) is 5.75 Å². The van der Waals surface area contributed by atoms with Gasteiger partial charge in [0.1, 0.15) is 0 Å². The van der Waals surface area contributed by atoms with Gasteiger partial charge in [0.2, 0.25) is 0 Å². The zero-order valence-corrected chi connectivity index (χ0v) is 16.0. The standard InChI is InChI=1S/C16H16N2O2S.3ClH/c17-10-4-9-15(19)20-12-6-3-8-14-16(12)18-11-5-1-2-7-13(11)21-14;;;/h1-3,5-8,18H,4,9-10,17H2;3*1H. The number of rotatable bonds is 4. The van der Waals surface area contributed by atoms with Crippen LogP contribution < -0.4 is 15.8 Å². The summed E-state index contributed by atoms with van der Waals surface area (Å²) in [4.78, 5) is 14.0. The minimum atomic E-state index is -0.250. The highest BCUT2D eigenvalue weighted by atomic mass is 35.5. The Bertz CT molecular complexity index is 686. The van der Waals surface area contributed by atoms with Crippen molar-refractivity contribution in [2.24, 2.45) is 5.73 Å². The topological polar surface area (TPSA) is 64.4 Å². The fourth-order valence-corrected chi connectivity index (χ4v) is 3.15. The van der Waals surface area contributed by atoms with Crippen LogP contribution in [-0.4, -0.2) is 12.5 Å². The van der Waals surface area contributed by atoms with E-state index in [0.29, 0.717) is 25.1 Å². The maximum Gasteiger partial charge on any atom is 0.311 e. The molecule has 0 atom stereocenters. The molecule has 0 saturated carbocycles. The van der Waals surface area contributed by atoms with Crippen molar-refractivity contribution < 1.29 is 9.53 Å². The highest BCUT2D eigenvalue weighted by Gasteiger charge is 2.19. The van der Waals surface area contributed by atoms with E-state index in [-0.39, 0.29) is 43.2 Å². The number of hydrogen-bond donors (Lipinski definition) is 2. The normalized spacial score (nSPS) is 10.5. The number of nitrogens with two attached hydrogens (primary N) is 1.